The Morgan fingerprint density at radius 3 is 2.94 bits per heavy atom. The van der Waals surface area contributed by atoms with Gasteiger partial charge in [0.05, 0.1) is 7.11 Å². The van der Waals surface area contributed by atoms with E-state index < -0.39 is 10.9 Å². The zero-order valence-electron chi connectivity index (χ0n) is 10.0. The summed E-state index contributed by atoms with van der Waals surface area (Å²) in [5.41, 5.74) is -0.626. The number of rotatable bonds is 4. The highest BCUT2D eigenvalue weighted by atomic mass is 16.5. The van der Waals surface area contributed by atoms with E-state index in [1.54, 1.807) is 0 Å². The monoisotopic (exact) mass is 238 g/mol. The molecule has 0 aliphatic carbocycles. The predicted octanol–water partition coefficient (Wildman–Crippen LogP) is 0.0928. The summed E-state index contributed by atoms with van der Waals surface area (Å²) in [5, 5.41) is 6.41. The van der Waals surface area contributed by atoms with Crippen LogP contribution >= 0.6 is 0 Å². The highest BCUT2D eigenvalue weighted by molar-refractivity contribution is 5.61. The summed E-state index contributed by atoms with van der Waals surface area (Å²) in [6.45, 7) is 2.75. The second-order valence-electron chi connectivity index (χ2n) is 4.51. The van der Waals surface area contributed by atoms with Gasteiger partial charge in [0.2, 0.25) is 0 Å². The fourth-order valence-electron chi connectivity index (χ4n) is 2.24. The first-order chi connectivity index (χ1) is 8.24. The molecule has 1 unspecified atom stereocenters. The van der Waals surface area contributed by atoms with Crippen molar-refractivity contribution in [3.63, 3.8) is 0 Å². The van der Waals surface area contributed by atoms with Gasteiger partial charge in [-0.2, -0.15) is 0 Å². The van der Waals surface area contributed by atoms with Crippen LogP contribution in [0, 0.1) is 5.92 Å². The van der Waals surface area contributed by atoms with Crippen molar-refractivity contribution in [2.24, 2.45) is 5.92 Å². The normalized spacial score (nSPS) is 21.1. The molecule has 2 N–H and O–H groups in total. The fraction of sp³-hybridized carbons (Fsp3) is 0.667. The molecule has 0 bridgehead atoms. The highest BCUT2D eigenvalue weighted by Gasteiger charge is 2.22. The van der Waals surface area contributed by atoms with Gasteiger partial charge in [-0.1, -0.05) is 6.42 Å². The van der Waals surface area contributed by atoms with Gasteiger partial charge in [0.15, 0.2) is 5.75 Å². The van der Waals surface area contributed by atoms with Gasteiger partial charge in [-0.15, -0.1) is 0 Å². The molecule has 1 aromatic rings. The van der Waals surface area contributed by atoms with E-state index in [0.717, 1.165) is 19.5 Å². The van der Waals surface area contributed by atoms with Crippen LogP contribution in [0.5, 0.6) is 5.75 Å². The molecule has 0 amide bonds. The lowest BCUT2D eigenvalue weighted by Gasteiger charge is -2.17. The fourth-order valence-corrected chi connectivity index (χ4v) is 2.24. The second kappa shape index (κ2) is 5.31. The third kappa shape index (κ3) is 2.49. The van der Waals surface area contributed by atoms with Crippen LogP contribution in [0.25, 0.3) is 0 Å². The van der Waals surface area contributed by atoms with Gasteiger partial charge in [-0.05, 0) is 31.8 Å². The van der Waals surface area contributed by atoms with Gasteiger partial charge >= 0.3 is 0 Å². The number of hydrogen-bond acceptors (Lipinski definition) is 5. The van der Waals surface area contributed by atoms with Crippen LogP contribution in [0.15, 0.2) is 9.59 Å². The average Bonchev–Trinajstić information content (AvgIpc) is 2.61. The first kappa shape index (κ1) is 12.1. The molecule has 1 atom stereocenters. The Labute approximate surface area is 99.9 Å². The van der Waals surface area contributed by atoms with Gasteiger partial charge in [0.1, 0.15) is 5.69 Å². The van der Waals surface area contributed by atoms with E-state index in [4.69, 9.17) is 4.74 Å². The average molecular weight is 238 g/mol. The van der Waals surface area contributed by atoms with Crippen molar-refractivity contribution in [1.82, 2.24) is 5.32 Å². The van der Waals surface area contributed by atoms with Crippen LogP contribution < -0.4 is 26.2 Å². The van der Waals surface area contributed by atoms with E-state index in [-0.39, 0.29) is 5.75 Å². The van der Waals surface area contributed by atoms with Crippen molar-refractivity contribution in [2.45, 2.75) is 19.3 Å². The van der Waals surface area contributed by atoms with Crippen LogP contribution in [0.2, 0.25) is 0 Å². The molecular formula is C12H18N2O3. The van der Waals surface area contributed by atoms with Crippen molar-refractivity contribution in [3.8, 4) is 5.75 Å². The summed E-state index contributed by atoms with van der Waals surface area (Å²) < 4.78 is 4.88. The summed E-state index contributed by atoms with van der Waals surface area (Å²) in [7, 11) is 1.41. The number of methoxy groups -OCH3 is 1. The predicted molar refractivity (Wildman–Crippen MR) is 66.6 cm³/mol. The van der Waals surface area contributed by atoms with Crippen LogP contribution in [-0.2, 0) is 0 Å². The zero-order chi connectivity index (χ0) is 12.3. The quantitative estimate of drug-likeness (QED) is 0.728. The Balaban J connectivity index is 1.91. The summed E-state index contributed by atoms with van der Waals surface area (Å²) >= 11 is 0. The third-order valence-electron chi connectivity index (χ3n) is 3.29. The molecule has 1 heterocycles. The SMILES string of the molecule is COc1c(NCC2CCCCNC2)c(=O)c1=O. The van der Waals surface area contributed by atoms with Gasteiger partial charge in [-0.3, -0.25) is 9.59 Å². The molecule has 1 aromatic carbocycles. The molecule has 5 nitrogen and oxygen atoms in total. The molecule has 17 heavy (non-hydrogen) atoms. The lowest BCUT2D eigenvalue weighted by atomic mass is 10.0. The van der Waals surface area contributed by atoms with Crippen LogP contribution in [0.1, 0.15) is 19.3 Å². The van der Waals surface area contributed by atoms with Gasteiger partial charge in [0, 0.05) is 6.54 Å². The first-order valence-corrected chi connectivity index (χ1v) is 6.06. The Bertz CT molecular complexity index is 441. The van der Waals surface area contributed by atoms with Gasteiger partial charge in [0.25, 0.3) is 10.9 Å². The number of anilines is 1. The Hall–Kier alpha value is -1.36. The van der Waals surface area contributed by atoms with Crippen LogP contribution in [0.4, 0.5) is 5.69 Å². The minimum absolute atomic E-state index is 0.177. The largest absolute Gasteiger partial charge is 0.491 e. The zero-order valence-corrected chi connectivity index (χ0v) is 10.0. The molecule has 0 saturated carbocycles. The molecule has 0 spiro atoms. The smallest absolute Gasteiger partial charge is 0.271 e. The topological polar surface area (TPSA) is 67.4 Å². The van der Waals surface area contributed by atoms with E-state index >= 15 is 0 Å². The van der Waals surface area contributed by atoms with Crippen molar-refractivity contribution >= 4 is 5.69 Å². The third-order valence-corrected chi connectivity index (χ3v) is 3.29. The highest BCUT2D eigenvalue weighted by Crippen LogP contribution is 2.18. The molecule has 5 heteroatoms. The number of ether oxygens (including phenoxy) is 1. The van der Waals surface area contributed by atoms with Crippen molar-refractivity contribution < 1.29 is 4.74 Å². The number of nitrogens with one attached hydrogen (secondary N) is 2. The minimum Gasteiger partial charge on any atom is -0.491 e. The molecule has 2 rings (SSSR count). The summed E-state index contributed by atoms with van der Waals surface area (Å²) in [4.78, 5) is 22.4. The molecule has 0 radical (unpaired) electrons. The van der Waals surface area contributed by atoms with Crippen molar-refractivity contribution in [3.05, 3.63) is 20.4 Å². The molecule has 1 aliphatic rings. The van der Waals surface area contributed by atoms with E-state index in [0.29, 0.717) is 18.2 Å². The Kier molecular flexibility index (Phi) is 3.78. The first-order valence-electron chi connectivity index (χ1n) is 6.06. The summed E-state index contributed by atoms with van der Waals surface area (Å²) in [5.74, 6) is 0.684. The lowest BCUT2D eigenvalue weighted by molar-refractivity contribution is 0.406. The van der Waals surface area contributed by atoms with Gasteiger partial charge in [-0.25, -0.2) is 0 Å². The molecule has 1 saturated heterocycles. The molecule has 1 fully saturated rings. The standard InChI is InChI=1S/C12H18N2O3/c1-17-12-9(10(15)11(12)16)14-7-8-4-2-3-5-13-6-8/h8,13-14H,2-7H2,1H3. The van der Waals surface area contributed by atoms with E-state index in [1.165, 1.54) is 20.0 Å². The molecule has 0 aromatic heterocycles. The summed E-state index contributed by atoms with van der Waals surface area (Å²) in [6, 6.07) is 0. The maximum Gasteiger partial charge on any atom is 0.271 e. The molecular weight excluding hydrogens is 220 g/mol. The lowest BCUT2D eigenvalue weighted by Crippen LogP contribution is -2.37. The maximum absolute atomic E-state index is 11.3. The van der Waals surface area contributed by atoms with Crippen molar-refractivity contribution in [1.29, 1.82) is 0 Å². The Morgan fingerprint density at radius 1 is 1.35 bits per heavy atom. The Morgan fingerprint density at radius 2 is 2.18 bits per heavy atom. The minimum atomic E-state index is -0.519. The van der Waals surface area contributed by atoms with Crippen molar-refractivity contribution in [2.75, 3.05) is 32.1 Å². The molecule has 1 aliphatic heterocycles. The van der Waals surface area contributed by atoms with Crippen LogP contribution in [0.3, 0.4) is 0 Å². The van der Waals surface area contributed by atoms with Crippen LogP contribution in [-0.4, -0.2) is 26.7 Å². The number of hydrogen-bond donors (Lipinski definition) is 2. The van der Waals surface area contributed by atoms with Gasteiger partial charge < -0.3 is 15.4 Å². The summed E-state index contributed by atoms with van der Waals surface area (Å²) in [6.07, 6.45) is 3.57. The maximum atomic E-state index is 11.3. The van der Waals surface area contributed by atoms with E-state index in [2.05, 4.69) is 10.6 Å². The van der Waals surface area contributed by atoms with E-state index in [9.17, 15) is 9.59 Å². The second-order valence-corrected chi connectivity index (χ2v) is 4.51. The molecule has 94 valence electrons. The van der Waals surface area contributed by atoms with E-state index in [1.807, 2.05) is 0 Å².